The van der Waals surface area contributed by atoms with Gasteiger partial charge in [-0.15, -0.1) is 0 Å². The van der Waals surface area contributed by atoms with Gasteiger partial charge in [-0.1, -0.05) is 12.2 Å². The zero-order valence-electron chi connectivity index (χ0n) is 11.0. The van der Waals surface area contributed by atoms with Gasteiger partial charge in [-0.05, 0) is 38.9 Å². The molecule has 17 heavy (non-hydrogen) atoms. The van der Waals surface area contributed by atoms with Crippen LogP contribution < -0.4 is 5.32 Å². The molecular weight excluding hydrogens is 210 g/mol. The average Bonchev–Trinajstić information content (AvgIpc) is 2.38. The van der Waals surface area contributed by atoms with E-state index in [-0.39, 0.29) is 0 Å². The second-order valence-electron chi connectivity index (χ2n) is 5.08. The summed E-state index contributed by atoms with van der Waals surface area (Å²) in [7, 11) is 2.21. The number of hydrogen-bond donors (Lipinski definition) is 1. The Labute approximate surface area is 105 Å². The molecule has 96 valence electrons. The SMILES string of the molecule is CN1CCN(CCCNC2=CC=CCC2)CC1. The van der Waals surface area contributed by atoms with Crippen LogP contribution in [0.5, 0.6) is 0 Å². The normalized spacial score (nSPS) is 22.5. The third-order valence-corrected chi connectivity index (χ3v) is 3.61. The fourth-order valence-electron chi connectivity index (χ4n) is 2.37. The van der Waals surface area contributed by atoms with Crippen LogP contribution >= 0.6 is 0 Å². The Hall–Kier alpha value is -0.800. The monoisotopic (exact) mass is 235 g/mol. The van der Waals surface area contributed by atoms with Crippen LogP contribution in [0.1, 0.15) is 19.3 Å². The third-order valence-electron chi connectivity index (χ3n) is 3.61. The summed E-state index contributed by atoms with van der Waals surface area (Å²) in [5.41, 5.74) is 1.41. The Morgan fingerprint density at radius 2 is 2.06 bits per heavy atom. The molecule has 0 bridgehead atoms. The predicted octanol–water partition coefficient (Wildman–Crippen LogP) is 1.45. The number of rotatable bonds is 5. The van der Waals surface area contributed by atoms with E-state index in [1.807, 2.05) is 0 Å². The Morgan fingerprint density at radius 3 is 2.76 bits per heavy atom. The van der Waals surface area contributed by atoms with Crippen molar-refractivity contribution in [1.82, 2.24) is 15.1 Å². The summed E-state index contributed by atoms with van der Waals surface area (Å²) >= 11 is 0. The summed E-state index contributed by atoms with van der Waals surface area (Å²) in [6, 6.07) is 0. The lowest BCUT2D eigenvalue weighted by Gasteiger charge is -2.32. The average molecular weight is 235 g/mol. The van der Waals surface area contributed by atoms with E-state index >= 15 is 0 Å². The Balaban J connectivity index is 1.54. The lowest BCUT2D eigenvalue weighted by atomic mass is 10.1. The van der Waals surface area contributed by atoms with Crippen molar-refractivity contribution in [3.63, 3.8) is 0 Å². The zero-order chi connectivity index (χ0) is 11.9. The standard InChI is InChI=1S/C14H25N3/c1-16-10-12-17(13-11-16)9-5-8-15-14-6-3-2-4-7-14/h2-3,6,15H,4-5,7-13H2,1H3. The molecule has 1 N–H and O–H groups in total. The number of nitrogens with zero attached hydrogens (tertiary/aromatic N) is 2. The maximum absolute atomic E-state index is 3.54. The second-order valence-corrected chi connectivity index (χ2v) is 5.08. The van der Waals surface area contributed by atoms with Gasteiger partial charge in [0.25, 0.3) is 0 Å². The van der Waals surface area contributed by atoms with E-state index < -0.39 is 0 Å². The van der Waals surface area contributed by atoms with Gasteiger partial charge in [0, 0.05) is 38.4 Å². The summed E-state index contributed by atoms with van der Waals surface area (Å²) in [6.45, 7) is 7.28. The minimum atomic E-state index is 1.12. The van der Waals surface area contributed by atoms with E-state index in [9.17, 15) is 0 Å². The molecule has 1 heterocycles. The van der Waals surface area contributed by atoms with Crippen molar-refractivity contribution in [2.45, 2.75) is 19.3 Å². The summed E-state index contributed by atoms with van der Waals surface area (Å²) in [6.07, 6.45) is 10.2. The molecule has 1 fully saturated rings. The molecule has 0 radical (unpaired) electrons. The minimum Gasteiger partial charge on any atom is -0.388 e. The first-order valence-corrected chi connectivity index (χ1v) is 6.85. The first-order valence-electron chi connectivity index (χ1n) is 6.85. The highest BCUT2D eigenvalue weighted by Gasteiger charge is 2.12. The Bertz CT molecular complexity index is 275. The van der Waals surface area contributed by atoms with Crippen molar-refractivity contribution in [3.05, 3.63) is 23.9 Å². The highest BCUT2D eigenvalue weighted by molar-refractivity contribution is 5.15. The van der Waals surface area contributed by atoms with Crippen LogP contribution in [0.15, 0.2) is 23.9 Å². The van der Waals surface area contributed by atoms with Crippen LogP contribution in [0.4, 0.5) is 0 Å². The lowest BCUT2D eigenvalue weighted by molar-refractivity contribution is 0.153. The summed E-state index contributed by atoms with van der Waals surface area (Å²) in [5.74, 6) is 0. The number of allylic oxidation sites excluding steroid dienone is 4. The van der Waals surface area contributed by atoms with Crippen LogP contribution in [0, 0.1) is 0 Å². The fraction of sp³-hybridized carbons (Fsp3) is 0.714. The van der Waals surface area contributed by atoms with E-state index in [1.165, 1.54) is 57.7 Å². The Morgan fingerprint density at radius 1 is 1.24 bits per heavy atom. The molecule has 3 heteroatoms. The van der Waals surface area contributed by atoms with Gasteiger partial charge >= 0.3 is 0 Å². The van der Waals surface area contributed by atoms with E-state index in [1.54, 1.807) is 0 Å². The molecule has 3 nitrogen and oxygen atoms in total. The lowest BCUT2D eigenvalue weighted by Crippen LogP contribution is -2.45. The Kier molecular flexibility index (Phi) is 5.08. The van der Waals surface area contributed by atoms with Crippen LogP contribution in [0.3, 0.4) is 0 Å². The second kappa shape index (κ2) is 6.82. The molecular formula is C14H25N3. The van der Waals surface area contributed by atoms with Crippen molar-refractivity contribution < 1.29 is 0 Å². The first kappa shape index (κ1) is 12.7. The van der Waals surface area contributed by atoms with Crippen molar-refractivity contribution in [1.29, 1.82) is 0 Å². The van der Waals surface area contributed by atoms with Gasteiger partial charge in [0.15, 0.2) is 0 Å². The van der Waals surface area contributed by atoms with E-state index in [0.29, 0.717) is 0 Å². The van der Waals surface area contributed by atoms with Gasteiger partial charge in [-0.25, -0.2) is 0 Å². The minimum absolute atomic E-state index is 1.12. The summed E-state index contributed by atoms with van der Waals surface area (Å²) in [4.78, 5) is 4.99. The third kappa shape index (κ3) is 4.52. The van der Waals surface area contributed by atoms with Crippen LogP contribution in [0.2, 0.25) is 0 Å². The summed E-state index contributed by atoms with van der Waals surface area (Å²) < 4.78 is 0. The van der Waals surface area contributed by atoms with E-state index in [4.69, 9.17) is 0 Å². The van der Waals surface area contributed by atoms with Gasteiger partial charge in [0.1, 0.15) is 0 Å². The number of likely N-dealkylation sites (N-methyl/N-ethyl adjacent to an activating group) is 1. The zero-order valence-corrected chi connectivity index (χ0v) is 11.0. The van der Waals surface area contributed by atoms with Crippen molar-refractivity contribution in [2.75, 3.05) is 46.3 Å². The van der Waals surface area contributed by atoms with E-state index in [2.05, 4.69) is 40.4 Å². The smallest absolute Gasteiger partial charge is 0.0156 e. The maximum Gasteiger partial charge on any atom is 0.0156 e. The number of nitrogens with one attached hydrogen (secondary N) is 1. The molecule has 1 aliphatic heterocycles. The molecule has 0 saturated carbocycles. The van der Waals surface area contributed by atoms with Crippen LogP contribution in [-0.2, 0) is 0 Å². The quantitative estimate of drug-likeness (QED) is 0.728. The molecule has 0 aromatic heterocycles. The molecule has 1 aliphatic carbocycles. The van der Waals surface area contributed by atoms with Gasteiger partial charge in [0.2, 0.25) is 0 Å². The maximum atomic E-state index is 3.54. The highest BCUT2D eigenvalue weighted by atomic mass is 15.2. The number of hydrogen-bond acceptors (Lipinski definition) is 3. The molecule has 2 aliphatic rings. The van der Waals surface area contributed by atoms with E-state index in [0.717, 1.165) is 6.54 Å². The van der Waals surface area contributed by atoms with Crippen molar-refractivity contribution in [2.24, 2.45) is 0 Å². The fourth-order valence-corrected chi connectivity index (χ4v) is 2.37. The molecule has 0 aromatic rings. The molecule has 2 rings (SSSR count). The van der Waals surface area contributed by atoms with Crippen LogP contribution in [-0.4, -0.2) is 56.1 Å². The molecule has 0 amide bonds. The summed E-state index contributed by atoms with van der Waals surface area (Å²) in [5, 5.41) is 3.54. The molecule has 0 atom stereocenters. The van der Waals surface area contributed by atoms with Gasteiger partial charge < -0.3 is 15.1 Å². The first-order chi connectivity index (χ1) is 8.34. The van der Waals surface area contributed by atoms with Crippen molar-refractivity contribution >= 4 is 0 Å². The van der Waals surface area contributed by atoms with Gasteiger partial charge in [-0.2, -0.15) is 0 Å². The topological polar surface area (TPSA) is 18.5 Å². The van der Waals surface area contributed by atoms with Crippen molar-refractivity contribution in [3.8, 4) is 0 Å². The highest BCUT2D eigenvalue weighted by Crippen LogP contribution is 2.08. The van der Waals surface area contributed by atoms with Crippen LogP contribution in [0.25, 0.3) is 0 Å². The molecule has 0 aromatic carbocycles. The molecule has 0 spiro atoms. The van der Waals surface area contributed by atoms with Gasteiger partial charge in [-0.3, -0.25) is 0 Å². The number of piperazine rings is 1. The molecule has 0 unspecified atom stereocenters. The predicted molar refractivity (Wildman–Crippen MR) is 73.0 cm³/mol. The molecule has 1 saturated heterocycles. The largest absolute Gasteiger partial charge is 0.388 e. The van der Waals surface area contributed by atoms with Gasteiger partial charge in [0.05, 0.1) is 0 Å².